The SMILES string of the molecule is COc1cc2c(cc1O)[C@@H](CO)[C@]1(/C=C\c3ccccc3)[C@@H]3CCc4cc(O)c(OC)cc4[C@H]3C[C@H](OC(=O)Cc3ccc4cc(O)cc(-c5ccccc5)c4c3)C[C@@H](OC(C)=O)[C@H]1C2. The molecule has 10 heteroatoms. The van der Waals surface area contributed by atoms with Gasteiger partial charge in [-0.25, -0.2) is 0 Å². The number of hydrogen-bond acceptors (Lipinski definition) is 10. The van der Waals surface area contributed by atoms with Crippen LogP contribution in [0.3, 0.4) is 0 Å². The van der Waals surface area contributed by atoms with Crippen LogP contribution in [0.1, 0.15) is 71.4 Å². The van der Waals surface area contributed by atoms with Crippen molar-refractivity contribution in [1.82, 2.24) is 0 Å². The number of rotatable bonds is 10. The van der Waals surface area contributed by atoms with Crippen LogP contribution < -0.4 is 9.47 Å². The molecule has 334 valence electrons. The Hall–Kier alpha value is -6.78. The average molecular weight is 875 g/mol. The fourth-order valence-electron chi connectivity index (χ4n) is 11.6. The van der Waals surface area contributed by atoms with Gasteiger partial charge in [0.1, 0.15) is 18.0 Å². The van der Waals surface area contributed by atoms with Crippen molar-refractivity contribution in [1.29, 1.82) is 0 Å². The lowest BCUT2D eigenvalue weighted by atomic mass is 9.46. The zero-order valence-electron chi connectivity index (χ0n) is 36.8. The van der Waals surface area contributed by atoms with E-state index in [9.17, 15) is 30.0 Å². The number of aryl methyl sites for hydroxylation is 1. The zero-order valence-corrected chi connectivity index (χ0v) is 36.8. The minimum Gasteiger partial charge on any atom is -0.508 e. The van der Waals surface area contributed by atoms with Crippen molar-refractivity contribution in [3.63, 3.8) is 0 Å². The number of carbonyl (C=O) groups is 2. The topological polar surface area (TPSA) is 152 Å². The van der Waals surface area contributed by atoms with Crippen molar-refractivity contribution < 1.29 is 49.0 Å². The van der Waals surface area contributed by atoms with Gasteiger partial charge in [-0.05, 0) is 135 Å². The highest BCUT2D eigenvalue weighted by Crippen LogP contribution is 2.64. The molecule has 65 heavy (non-hydrogen) atoms. The third-order valence-corrected chi connectivity index (χ3v) is 14.3. The molecule has 9 rings (SSSR count). The lowest BCUT2D eigenvalue weighted by Crippen LogP contribution is -2.56. The van der Waals surface area contributed by atoms with E-state index < -0.39 is 41.4 Å². The maximum atomic E-state index is 14.4. The van der Waals surface area contributed by atoms with Crippen LogP contribution in [0.5, 0.6) is 28.7 Å². The maximum Gasteiger partial charge on any atom is 0.310 e. The predicted octanol–water partition coefficient (Wildman–Crippen LogP) is 9.82. The molecule has 6 aromatic rings. The molecule has 0 radical (unpaired) electrons. The van der Waals surface area contributed by atoms with Crippen LogP contribution in [-0.2, 0) is 38.3 Å². The Morgan fingerprint density at radius 3 is 2.20 bits per heavy atom. The van der Waals surface area contributed by atoms with Gasteiger partial charge in [0, 0.05) is 30.6 Å². The first-order valence-corrected chi connectivity index (χ1v) is 22.3. The molecule has 3 aliphatic carbocycles. The average Bonchev–Trinajstić information content (AvgIpc) is 3.29. The lowest BCUT2D eigenvalue weighted by Gasteiger charge is -2.59. The van der Waals surface area contributed by atoms with E-state index in [-0.39, 0.29) is 48.5 Å². The van der Waals surface area contributed by atoms with Crippen molar-refractivity contribution in [2.75, 3.05) is 20.8 Å². The summed E-state index contributed by atoms with van der Waals surface area (Å²) < 4.78 is 24.3. The third kappa shape index (κ3) is 8.27. The van der Waals surface area contributed by atoms with Gasteiger partial charge in [-0.2, -0.15) is 0 Å². The molecule has 10 nitrogen and oxygen atoms in total. The minimum absolute atomic E-state index is 0.0252. The molecule has 4 N–H and O–H groups in total. The zero-order chi connectivity index (χ0) is 45.4. The number of fused-ring (bicyclic) bond motifs is 7. The second-order valence-corrected chi connectivity index (χ2v) is 17.8. The van der Waals surface area contributed by atoms with Crippen LogP contribution in [0.25, 0.3) is 28.0 Å². The number of phenolic OH excluding ortho intramolecular Hbond substituents is 3. The Balaban J connectivity index is 1.17. The maximum absolute atomic E-state index is 14.4. The van der Waals surface area contributed by atoms with Crippen LogP contribution in [0.15, 0.2) is 121 Å². The molecule has 0 unspecified atom stereocenters. The monoisotopic (exact) mass is 874 g/mol. The van der Waals surface area contributed by atoms with Crippen LogP contribution in [0.4, 0.5) is 0 Å². The number of aromatic hydroxyl groups is 3. The Bertz CT molecular complexity index is 2770. The second kappa shape index (κ2) is 18.0. The molecule has 0 aromatic heterocycles. The highest BCUT2D eigenvalue weighted by Gasteiger charge is 2.60. The summed E-state index contributed by atoms with van der Waals surface area (Å²) in [4.78, 5) is 27.7. The largest absolute Gasteiger partial charge is 0.508 e. The van der Waals surface area contributed by atoms with Crippen LogP contribution >= 0.6 is 0 Å². The van der Waals surface area contributed by atoms with Gasteiger partial charge >= 0.3 is 11.9 Å². The van der Waals surface area contributed by atoms with E-state index >= 15 is 0 Å². The van der Waals surface area contributed by atoms with Gasteiger partial charge in [-0.15, -0.1) is 0 Å². The molecule has 6 aromatic carbocycles. The first-order valence-electron chi connectivity index (χ1n) is 22.3. The summed E-state index contributed by atoms with van der Waals surface area (Å²) in [6.45, 7) is 1.12. The van der Waals surface area contributed by atoms with E-state index in [0.717, 1.165) is 55.3 Å². The van der Waals surface area contributed by atoms with Gasteiger partial charge in [0.05, 0.1) is 27.2 Å². The van der Waals surface area contributed by atoms with Crippen LogP contribution in [0.2, 0.25) is 0 Å². The summed E-state index contributed by atoms with van der Waals surface area (Å²) in [6, 6.07) is 36.1. The number of benzene rings is 6. The minimum atomic E-state index is -0.878. The molecule has 3 aliphatic rings. The van der Waals surface area contributed by atoms with Crippen molar-refractivity contribution >= 4 is 28.8 Å². The molecule has 0 heterocycles. The number of allylic oxidation sites excluding steroid dienone is 1. The number of hydrogen-bond donors (Lipinski definition) is 4. The molecule has 1 fully saturated rings. The third-order valence-electron chi connectivity index (χ3n) is 14.3. The van der Waals surface area contributed by atoms with Gasteiger partial charge in [0.2, 0.25) is 0 Å². The molecular weight excluding hydrogens is 821 g/mol. The van der Waals surface area contributed by atoms with Crippen LogP contribution in [0, 0.1) is 17.3 Å². The molecule has 0 amide bonds. The fourth-order valence-corrected chi connectivity index (χ4v) is 11.6. The number of carbonyl (C=O) groups excluding carboxylic acids is 2. The highest BCUT2D eigenvalue weighted by molar-refractivity contribution is 5.98. The summed E-state index contributed by atoms with van der Waals surface area (Å²) in [5.41, 5.74) is 6.17. The van der Waals surface area contributed by atoms with Gasteiger partial charge < -0.3 is 39.4 Å². The second-order valence-electron chi connectivity index (χ2n) is 17.8. The Morgan fingerprint density at radius 1 is 0.754 bits per heavy atom. The smallest absolute Gasteiger partial charge is 0.310 e. The summed E-state index contributed by atoms with van der Waals surface area (Å²) in [5.74, 6) is -1.64. The van der Waals surface area contributed by atoms with Gasteiger partial charge in [-0.3, -0.25) is 9.59 Å². The standard InChI is InChI=1S/C55H54O10/c1-32(57)64-51-28-40(65-54(61)21-34-14-15-36-22-39(58)26-42(41(36)20-34)35-12-8-5-9-13-35)27-45-43-30-53(63-3)49(59)24-37(43)16-17-46(45)55(19-18-33-10-6-4-7-11-33)47(51)23-38-25-52(62-2)50(60)29-44(38)48(55)31-56/h4-15,18-20,22,24-26,29-30,40,45-48,51,56,58-60H,16-17,21,23,27-28,31H2,1-3H3/b19-18-/t40-,45+,46+,47+,48+,51+,55+/m0/s1. The number of aliphatic hydroxyl groups excluding tert-OH is 1. The lowest BCUT2D eigenvalue weighted by molar-refractivity contribution is -0.166. The van der Waals surface area contributed by atoms with Crippen molar-refractivity contribution in [2.24, 2.45) is 17.3 Å². The van der Waals surface area contributed by atoms with Crippen molar-refractivity contribution in [3.8, 4) is 39.9 Å². The molecule has 0 bridgehead atoms. The molecule has 7 atom stereocenters. The number of aliphatic hydroxyl groups is 1. The fraction of sp³-hybridized carbons (Fsp3) is 0.309. The molecule has 0 saturated heterocycles. The summed E-state index contributed by atoms with van der Waals surface area (Å²) >= 11 is 0. The van der Waals surface area contributed by atoms with Gasteiger partial charge in [0.25, 0.3) is 0 Å². The van der Waals surface area contributed by atoms with E-state index in [1.807, 2.05) is 91.0 Å². The summed E-state index contributed by atoms with van der Waals surface area (Å²) in [5, 5.41) is 46.4. The van der Waals surface area contributed by atoms with E-state index in [4.69, 9.17) is 18.9 Å². The molecule has 0 spiro atoms. The van der Waals surface area contributed by atoms with Gasteiger partial charge in [-0.1, -0.05) is 84.9 Å². The van der Waals surface area contributed by atoms with E-state index in [0.29, 0.717) is 37.2 Å². The van der Waals surface area contributed by atoms with Crippen molar-refractivity contribution in [3.05, 3.63) is 155 Å². The molecule has 0 aliphatic heterocycles. The Labute approximate surface area is 378 Å². The Morgan fingerprint density at radius 2 is 1.48 bits per heavy atom. The number of esters is 2. The van der Waals surface area contributed by atoms with E-state index in [2.05, 4.69) is 12.2 Å². The predicted molar refractivity (Wildman–Crippen MR) is 248 cm³/mol. The number of phenols is 3. The first-order chi connectivity index (χ1) is 31.5. The quantitative estimate of drug-likeness (QED) is 0.0980. The molecular formula is C55H54O10. The van der Waals surface area contributed by atoms with E-state index in [1.165, 1.54) is 21.1 Å². The number of ether oxygens (including phenoxy) is 4. The van der Waals surface area contributed by atoms with E-state index in [1.54, 1.807) is 24.3 Å². The summed E-state index contributed by atoms with van der Waals surface area (Å²) in [6.07, 6.45) is 5.00. The van der Waals surface area contributed by atoms with Gasteiger partial charge in [0.15, 0.2) is 23.0 Å². The van der Waals surface area contributed by atoms with Crippen LogP contribution in [-0.4, -0.2) is 65.4 Å². The first kappa shape index (κ1) is 43.5. The Kier molecular flexibility index (Phi) is 12.0. The highest BCUT2D eigenvalue weighted by atomic mass is 16.6. The normalized spacial score (nSPS) is 23.5. The summed E-state index contributed by atoms with van der Waals surface area (Å²) in [7, 11) is 3.02. The number of methoxy groups -OCH3 is 2. The van der Waals surface area contributed by atoms with Crippen molar-refractivity contribution in [2.45, 2.75) is 69.5 Å². The molecule has 1 saturated carbocycles.